The van der Waals surface area contributed by atoms with Gasteiger partial charge in [-0.3, -0.25) is 0 Å². The van der Waals surface area contributed by atoms with E-state index in [0.29, 0.717) is 6.54 Å². The molecule has 1 saturated heterocycles. The Kier molecular flexibility index (Phi) is 3.97. The van der Waals surface area contributed by atoms with Crippen molar-refractivity contribution in [2.45, 2.75) is 51.7 Å². The summed E-state index contributed by atoms with van der Waals surface area (Å²) in [5, 5.41) is 10.9. The van der Waals surface area contributed by atoms with E-state index in [-0.39, 0.29) is 18.7 Å². The lowest BCUT2D eigenvalue weighted by atomic mass is 10.0. The van der Waals surface area contributed by atoms with Crippen molar-refractivity contribution in [1.82, 2.24) is 4.90 Å². The van der Waals surface area contributed by atoms with Crippen LogP contribution in [0, 0.1) is 0 Å². The highest BCUT2D eigenvalue weighted by Crippen LogP contribution is 2.19. The Hall–Kier alpha value is -0.770. The van der Waals surface area contributed by atoms with Crippen LogP contribution in [-0.2, 0) is 9.84 Å². The highest BCUT2D eigenvalue weighted by molar-refractivity contribution is 5.68. The Bertz CT molecular complexity index is 222. The highest BCUT2D eigenvalue weighted by atomic mass is 16.6. The molecular weight excluding hydrogens is 194 g/mol. The number of ether oxygens (including phenoxy) is 1. The van der Waals surface area contributed by atoms with Gasteiger partial charge in [-0.15, -0.1) is 0 Å². The topological polar surface area (TPSA) is 49.4 Å². The molecule has 1 amide bonds. The quantitative estimate of drug-likeness (QED) is 0.672. The predicted octanol–water partition coefficient (Wildman–Crippen LogP) is 2.21. The summed E-state index contributed by atoms with van der Waals surface area (Å²) in [6.07, 6.45) is 2.47. The molecule has 1 atom stereocenters. The molecule has 0 bridgehead atoms. The van der Waals surface area contributed by atoms with E-state index in [1.54, 1.807) is 4.90 Å². The van der Waals surface area contributed by atoms with Gasteiger partial charge in [0.05, 0.1) is 6.04 Å². The summed E-state index contributed by atoms with van der Waals surface area (Å²) in [4.78, 5) is 13.3. The van der Waals surface area contributed by atoms with Crippen molar-refractivity contribution in [3.8, 4) is 0 Å². The van der Waals surface area contributed by atoms with Crippen LogP contribution in [0.2, 0.25) is 0 Å². The third-order valence-electron chi connectivity index (χ3n) is 2.45. The average Bonchev–Trinajstić information content (AvgIpc) is 2.15. The monoisotopic (exact) mass is 214 g/mol. The largest absolute Gasteiger partial charge is 0.444 e. The van der Waals surface area contributed by atoms with Crippen LogP contribution in [0.5, 0.6) is 0 Å². The smallest absolute Gasteiger partial charge is 0.410 e. The van der Waals surface area contributed by atoms with E-state index in [1.165, 1.54) is 0 Å². The molecule has 1 fully saturated rings. The van der Waals surface area contributed by atoms with Crippen LogP contribution < -0.4 is 0 Å². The molecule has 1 heterocycles. The van der Waals surface area contributed by atoms with Gasteiger partial charge in [-0.25, -0.2) is 9.90 Å². The van der Waals surface area contributed by atoms with Crippen molar-refractivity contribution in [2.75, 3.05) is 13.2 Å². The summed E-state index contributed by atoms with van der Waals surface area (Å²) in [7, 11) is 0. The number of nitrogens with zero attached hydrogens (tertiary/aromatic N) is 1. The Balaban J connectivity index is 2.56. The first-order valence-corrected chi connectivity index (χ1v) is 5.52. The van der Waals surface area contributed by atoms with E-state index in [9.17, 15) is 9.90 Å². The van der Waals surface area contributed by atoms with E-state index in [1.807, 2.05) is 20.8 Å². The number of carbonyl (C=O) groups excluding carboxylic acids is 1. The Labute approximate surface area is 91.2 Å². The van der Waals surface area contributed by atoms with Crippen molar-refractivity contribution in [1.29, 1.82) is 0 Å². The molecule has 1 aliphatic rings. The minimum absolute atomic E-state index is 0.173. The second-order valence-corrected chi connectivity index (χ2v) is 4.99. The van der Waals surface area contributed by atoms with Gasteiger partial charge in [0.1, 0.15) is 12.2 Å². The number of likely N-dealkylation sites (tertiary alicyclic amines) is 1. The molecular formula is C11H20NO3. The van der Waals surface area contributed by atoms with Gasteiger partial charge in [0.2, 0.25) is 0 Å². The first-order chi connectivity index (χ1) is 6.94. The zero-order chi connectivity index (χ0) is 11.5. The van der Waals surface area contributed by atoms with Gasteiger partial charge in [0.15, 0.2) is 0 Å². The Morgan fingerprint density at radius 1 is 1.40 bits per heavy atom. The van der Waals surface area contributed by atoms with Gasteiger partial charge in [-0.1, -0.05) is 0 Å². The highest BCUT2D eigenvalue weighted by Gasteiger charge is 2.30. The molecule has 0 spiro atoms. The average molecular weight is 214 g/mol. The first kappa shape index (κ1) is 12.3. The molecule has 4 nitrogen and oxygen atoms in total. The van der Waals surface area contributed by atoms with Crippen LogP contribution in [-0.4, -0.2) is 35.8 Å². The summed E-state index contributed by atoms with van der Waals surface area (Å²) in [5.74, 6) is 0. The van der Waals surface area contributed by atoms with Crippen LogP contribution >= 0.6 is 0 Å². The fraction of sp³-hybridized carbons (Fsp3) is 0.909. The first-order valence-electron chi connectivity index (χ1n) is 5.52. The van der Waals surface area contributed by atoms with Gasteiger partial charge in [0.25, 0.3) is 0 Å². The number of hydrogen-bond acceptors (Lipinski definition) is 2. The van der Waals surface area contributed by atoms with Gasteiger partial charge in [0, 0.05) is 6.54 Å². The SMILES string of the molecule is CC(C)(C)OC(=O)N1CCCCC1C[O]. The molecule has 1 aliphatic heterocycles. The maximum atomic E-state index is 11.7. The fourth-order valence-electron chi connectivity index (χ4n) is 1.73. The van der Waals surface area contributed by atoms with Crippen LogP contribution in [0.15, 0.2) is 0 Å². The molecule has 0 aromatic carbocycles. The van der Waals surface area contributed by atoms with Crippen LogP contribution in [0.25, 0.3) is 0 Å². The number of hydrogen-bond donors (Lipinski definition) is 0. The lowest BCUT2D eigenvalue weighted by Gasteiger charge is -2.35. The molecule has 1 radical (unpaired) electrons. The molecule has 15 heavy (non-hydrogen) atoms. The molecule has 1 unspecified atom stereocenters. The minimum atomic E-state index is -0.484. The van der Waals surface area contributed by atoms with E-state index in [0.717, 1.165) is 19.3 Å². The number of amides is 1. The molecule has 0 N–H and O–H groups in total. The lowest BCUT2D eigenvalue weighted by molar-refractivity contribution is -0.00467. The molecule has 4 heteroatoms. The normalized spacial score (nSPS) is 22.7. The van der Waals surface area contributed by atoms with Crippen LogP contribution in [0.1, 0.15) is 40.0 Å². The molecule has 0 aromatic rings. The number of rotatable bonds is 1. The summed E-state index contributed by atoms with van der Waals surface area (Å²) in [5.41, 5.74) is -0.484. The van der Waals surface area contributed by atoms with E-state index < -0.39 is 5.60 Å². The summed E-state index contributed by atoms with van der Waals surface area (Å²) < 4.78 is 5.26. The second kappa shape index (κ2) is 4.84. The van der Waals surface area contributed by atoms with Crippen molar-refractivity contribution in [3.63, 3.8) is 0 Å². The van der Waals surface area contributed by atoms with Crippen LogP contribution in [0.3, 0.4) is 0 Å². The maximum Gasteiger partial charge on any atom is 0.410 e. The molecule has 87 valence electrons. The maximum absolute atomic E-state index is 11.7. The van der Waals surface area contributed by atoms with Gasteiger partial charge in [-0.2, -0.15) is 0 Å². The van der Waals surface area contributed by atoms with E-state index >= 15 is 0 Å². The second-order valence-electron chi connectivity index (χ2n) is 4.99. The molecule has 0 aliphatic carbocycles. The fourth-order valence-corrected chi connectivity index (χ4v) is 1.73. The summed E-state index contributed by atoms with van der Waals surface area (Å²) >= 11 is 0. The lowest BCUT2D eigenvalue weighted by Crippen LogP contribution is -2.47. The minimum Gasteiger partial charge on any atom is -0.444 e. The summed E-state index contributed by atoms with van der Waals surface area (Å²) in [6.45, 7) is 5.93. The van der Waals surface area contributed by atoms with Gasteiger partial charge < -0.3 is 9.64 Å². The number of carbonyl (C=O) groups is 1. The molecule has 1 rings (SSSR count). The van der Waals surface area contributed by atoms with E-state index in [2.05, 4.69) is 0 Å². The third-order valence-corrected chi connectivity index (χ3v) is 2.45. The molecule has 0 saturated carbocycles. The zero-order valence-corrected chi connectivity index (χ0v) is 9.78. The predicted molar refractivity (Wildman–Crippen MR) is 56.1 cm³/mol. The molecule has 0 aromatic heterocycles. The van der Waals surface area contributed by atoms with Gasteiger partial charge in [-0.05, 0) is 40.0 Å². The Morgan fingerprint density at radius 3 is 2.60 bits per heavy atom. The van der Waals surface area contributed by atoms with E-state index in [4.69, 9.17) is 4.74 Å². The Morgan fingerprint density at radius 2 is 2.07 bits per heavy atom. The summed E-state index contributed by atoms with van der Waals surface area (Å²) in [6, 6.07) is -0.173. The number of piperidine rings is 1. The van der Waals surface area contributed by atoms with Crippen molar-refractivity contribution in [2.24, 2.45) is 0 Å². The van der Waals surface area contributed by atoms with Crippen molar-refractivity contribution >= 4 is 6.09 Å². The van der Waals surface area contributed by atoms with Crippen molar-refractivity contribution < 1.29 is 14.6 Å². The standard InChI is InChI=1S/C11H20NO3/c1-11(2,3)15-10(14)12-7-5-4-6-9(12)8-13/h9H,4-8H2,1-3H3. The van der Waals surface area contributed by atoms with Gasteiger partial charge >= 0.3 is 6.09 Å². The van der Waals surface area contributed by atoms with Crippen molar-refractivity contribution in [3.05, 3.63) is 0 Å². The van der Waals surface area contributed by atoms with Crippen LogP contribution in [0.4, 0.5) is 4.79 Å². The third kappa shape index (κ3) is 3.70. The zero-order valence-electron chi connectivity index (χ0n) is 9.78.